The summed E-state index contributed by atoms with van der Waals surface area (Å²) in [7, 11) is -1.75. The first-order valence-corrected chi connectivity index (χ1v) is 12.9. The number of hydrogen-bond donors (Lipinski definition) is 3. The van der Waals surface area contributed by atoms with Gasteiger partial charge >= 0.3 is 0 Å². The molecular weight excluding hydrogens is 394 g/mol. The molecule has 0 aliphatic rings. The maximum absolute atomic E-state index is 7.75. The number of aryl methyl sites for hydroxylation is 1. The first kappa shape index (κ1) is 23.6. The minimum Gasteiger partial charge on any atom is -0.455 e. The number of pyridine rings is 2. The molecule has 0 saturated heterocycles. The highest BCUT2D eigenvalue weighted by atomic mass is 28.4. The van der Waals surface area contributed by atoms with Crippen molar-refractivity contribution < 1.29 is 9.16 Å². The summed E-state index contributed by atoms with van der Waals surface area (Å²) in [4.78, 5) is 8.56. The van der Waals surface area contributed by atoms with Crippen molar-refractivity contribution in [1.29, 1.82) is 5.41 Å². The average molecular weight is 428 g/mol. The molecule has 0 radical (unpaired) electrons. The molecule has 162 valence electrons. The molecule has 0 aromatic carbocycles. The van der Waals surface area contributed by atoms with Gasteiger partial charge in [-0.3, -0.25) is 4.98 Å². The van der Waals surface area contributed by atoms with Crippen molar-refractivity contribution in [2.75, 3.05) is 18.9 Å². The van der Waals surface area contributed by atoms with Gasteiger partial charge in [-0.25, -0.2) is 4.98 Å². The molecule has 0 aliphatic heterocycles. The van der Waals surface area contributed by atoms with Crippen molar-refractivity contribution in [2.45, 2.75) is 45.8 Å². The molecule has 30 heavy (non-hydrogen) atoms. The fourth-order valence-electron chi connectivity index (χ4n) is 2.39. The normalized spacial score (nSPS) is 12.5. The van der Waals surface area contributed by atoms with Crippen LogP contribution in [0.4, 0.5) is 5.82 Å². The van der Waals surface area contributed by atoms with Crippen LogP contribution < -0.4 is 15.8 Å². The van der Waals surface area contributed by atoms with Crippen LogP contribution in [0.25, 0.3) is 5.57 Å². The molecule has 0 amide bonds. The lowest BCUT2D eigenvalue weighted by atomic mass is 10.2. The van der Waals surface area contributed by atoms with Crippen molar-refractivity contribution in [3.05, 3.63) is 48.1 Å². The van der Waals surface area contributed by atoms with Gasteiger partial charge in [-0.2, -0.15) is 0 Å². The summed E-state index contributed by atoms with van der Waals surface area (Å²) in [6.07, 6.45) is 4.70. The van der Waals surface area contributed by atoms with Gasteiger partial charge in [0.25, 0.3) is 0 Å². The number of allylic oxidation sites excluding steroid dienone is 1. The SMILES string of the molecule is Cc1nc(N)ccc1Oc1ccnc(/C(C=N)=C/NCCO[Si](C)(C)C(C)(C)C)c1. The van der Waals surface area contributed by atoms with E-state index in [1.54, 1.807) is 36.7 Å². The average Bonchev–Trinajstić information content (AvgIpc) is 2.66. The molecule has 0 saturated carbocycles. The van der Waals surface area contributed by atoms with E-state index in [1.807, 2.05) is 6.92 Å². The van der Waals surface area contributed by atoms with Crippen LogP contribution in [0.15, 0.2) is 36.7 Å². The summed E-state index contributed by atoms with van der Waals surface area (Å²) in [6.45, 7) is 14.3. The van der Waals surface area contributed by atoms with Crippen LogP contribution in [0, 0.1) is 12.3 Å². The molecule has 0 bridgehead atoms. The summed E-state index contributed by atoms with van der Waals surface area (Å²) in [5.74, 6) is 1.69. The van der Waals surface area contributed by atoms with Crippen LogP contribution in [0.2, 0.25) is 18.1 Å². The highest BCUT2D eigenvalue weighted by Gasteiger charge is 2.36. The molecule has 0 spiro atoms. The largest absolute Gasteiger partial charge is 0.455 e. The Morgan fingerprint density at radius 3 is 2.63 bits per heavy atom. The number of ether oxygens (including phenoxy) is 1. The second-order valence-corrected chi connectivity index (χ2v) is 13.4. The van der Waals surface area contributed by atoms with E-state index in [2.05, 4.69) is 49.1 Å². The summed E-state index contributed by atoms with van der Waals surface area (Å²) >= 11 is 0. The third-order valence-corrected chi connectivity index (χ3v) is 9.78. The van der Waals surface area contributed by atoms with Gasteiger partial charge in [0.1, 0.15) is 17.3 Å². The van der Waals surface area contributed by atoms with E-state index in [-0.39, 0.29) is 5.04 Å². The predicted octanol–water partition coefficient (Wildman–Crippen LogP) is 4.76. The summed E-state index contributed by atoms with van der Waals surface area (Å²) in [5.41, 5.74) is 7.69. The molecule has 0 unspecified atom stereocenters. The van der Waals surface area contributed by atoms with E-state index in [0.29, 0.717) is 47.4 Å². The summed E-state index contributed by atoms with van der Waals surface area (Å²) < 4.78 is 12.1. The minimum absolute atomic E-state index is 0.186. The lowest BCUT2D eigenvalue weighted by molar-refractivity contribution is 0.291. The molecule has 2 heterocycles. The van der Waals surface area contributed by atoms with Crippen molar-refractivity contribution in [3.8, 4) is 11.5 Å². The van der Waals surface area contributed by atoms with Crippen LogP contribution in [-0.4, -0.2) is 37.7 Å². The molecule has 0 fully saturated rings. The molecule has 4 N–H and O–H groups in total. The number of rotatable bonds is 9. The van der Waals surface area contributed by atoms with E-state index in [4.69, 9.17) is 20.3 Å². The molecular formula is C22H33N5O2Si. The first-order chi connectivity index (χ1) is 14.0. The predicted molar refractivity (Wildman–Crippen MR) is 126 cm³/mol. The fraction of sp³-hybridized carbons (Fsp3) is 0.409. The molecule has 0 atom stereocenters. The second kappa shape index (κ2) is 9.86. The van der Waals surface area contributed by atoms with Gasteiger partial charge in [0.2, 0.25) is 0 Å². The number of nitrogens with two attached hydrogens (primary N) is 1. The van der Waals surface area contributed by atoms with E-state index in [1.165, 1.54) is 6.21 Å². The highest BCUT2D eigenvalue weighted by molar-refractivity contribution is 6.74. The number of anilines is 1. The zero-order valence-electron chi connectivity index (χ0n) is 18.7. The van der Waals surface area contributed by atoms with Crippen molar-refractivity contribution in [2.24, 2.45) is 0 Å². The monoisotopic (exact) mass is 427 g/mol. The molecule has 0 aliphatic carbocycles. The van der Waals surface area contributed by atoms with Crippen LogP contribution in [-0.2, 0) is 4.43 Å². The van der Waals surface area contributed by atoms with Gasteiger partial charge in [-0.1, -0.05) is 20.8 Å². The standard InChI is InChI=1S/C22H33N5O2Si/c1-16-20(7-8-21(24)27-16)29-18-9-10-26-19(13-18)17(14-23)15-25-11-12-28-30(5,6)22(2,3)4/h7-10,13-15,23,25H,11-12H2,1-6H3,(H2,24,27)/b17-15+,23-14?. The molecule has 2 aromatic heterocycles. The van der Waals surface area contributed by atoms with Gasteiger partial charge in [0.15, 0.2) is 8.32 Å². The zero-order chi connectivity index (χ0) is 22.4. The number of hydrogen-bond acceptors (Lipinski definition) is 7. The Kier molecular flexibility index (Phi) is 7.75. The second-order valence-electron chi connectivity index (χ2n) is 8.61. The smallest absolute Gasteiger partial charge is 0.192 e. The van der Waals surface area contributed by atoms with Crippen LogP contribution >= 0.6 is 0 Å². The van der Waals surface area contributed by atoms with Crippen molar-refractivity contribution >= 4 is 25.9 Å². The topological polar surface area (TPSA) is 106 Å². The van der Waals surface area contributed by atoms with E-state index in [0.717, 1.165) is 0 Å². The van der Waals surface area contributed by atoms with Crippen LogP contribution in [0.5, 0.6) is 11.5 Å². The van der Waals surface area contributed by atoms with E-state index >= 15 is 0 Å². The summed E-state index contributed by atoms with van der Waals surface area (Å²) in [6, 6.07) is 7.04. The molecule has 8 heteroatoms. The quantitative estimate of drug-likeness (QED) is 0.303. The minimum atomic E-state index is -1.75. The Balaban J connectivity index is 2.01. The van der Waals surface area contributed by atoms with Gasteiger partial charge in [0, 0.05) is 36.8 Å². The Morgan fingerprint density at radius 2 is 2.00 bits per heavy atom. The van der Waals surface area contributed by atoms with Gasteiger partial charge in [0.05, 0.1) is 18.0 Å². The van der Waals surface area contributed by atoms with Gasteiger partial charge in [-0.05, 0) is 43.3 Å². The highest BCUT2D eigenvalue weighted by Crippen LogP contribution is 2.36. The molecule has 2 rings (SSSR count). The Bertz CT molecular complexity index is 907. The van der Waals surface area contributed by atoms with Crippen molar-refractivity contribution in [1.82, 2.24) is 15.3 Å². The number of nitrogens with zero attached hydrogens (tertiary/aromatic N) is 2. The van der Waals surface area contributed by atoms with E-state index < -0.39 is 8.32 Å². The number of aromatic nitrogens is 2. The van der Waals surface area contributed by atoms with Crippen LogP contribution in [0.1, 0.15) is 32.2 Å². The Labute approximate surface area is 180 Å². The van der Waals surface area contributed by atoms with Gasteiger partial charge < -0.3 is 25.6 Å². The first-order valence-electron chi connectivity index (χ1n) is 9.99. The number of nitrogens with one attached hydrogen (secondary N) is 2. The number of nitrogen functional groups attached to an aromatic ring is 1. The maximum atomic E-state index is 7.75. The van der Waals surface area contributed by atoms with Crippen molar-refractivity contribution in [3.63, 3.8) is 0 Å². The lowest BCUT2D eigenvalue weighted by Gasteiger charge is -2.36. The third kappa shape index (κ3) is 6.40. The lowest BCUT2D eigenvalue weighted by Crippen LogP contribution is -2.42. The van der Waals surface area contributed by atoms with Crippen LogP contribution in [0.3, 0.4) is 0 Å². The summed E-state index contributed by atoms with van der Waals surface area (Å²) in [5, 5.41) is 11.2. The maximum Gasteiger partial charge on any atom is 0.192 e. The fourth-order valence-corrected chi connectivity index (χ4v) is 3.43. The third-order valence-electron chi connectivity index (χ3n) is 5.24. The molecule has 7 nitrogen and oxygen atoms in total. The van der Waals surface area contributed by atoms with E-state index in [9.17, 15) is 0 Å². The molecule has 2 aromatic rings. The Morgan fingerprint density at radius 1 is 1.27 bits per heavy atom. The van der Waals surface area contributed by atoms with Gasteiger partial charge in [-0.15, -0.1) is 0 Å². The zero-order valence-corrected chi connectivity index (χ0v) is 19.7. The Hall–Kier alpha value is -2.71.